The molecule has 1 heterocycles. The van der Waals surface area contributed by atoms with Gasteiger partial charge in [-0.25, -0.2) is 8.42 Å². The van der Waals surface area contributed by atoms with Crippen LogP contribution in [0.1, 0.15) is 46.9 Å². The van der Waals surface area contributed by atoms with Crippen molar-refractivity contribution >= 4 is 21.6 Å². The van der Waals surface area contributed by atoms with Crippen LogP contribution in [0.3, 0.4) is 0 Å². The lowest BCUT2D eigenvalue weighted by molar-refractivity contribution is -0.384. The standard InChI is InChI=1S/C26H26N3O5S/c1-3-27(4-2)26(30)21-11-9-20(10-12-21)25-24-8-6-5-7-19(24)17-18-28(25)35(33,34)23-15-13-22(14-16-23)29(31)32/h6-16,25H,3-4,17-18H2,1-2H3. The number of hydrogen-bond donors (Lipinski definition) is 0. The molecular weight excluding hydrogens is 466 g/mol. The van der Waals surface area contributed by atoms with Crippen molar-refractivity contribution in [1.82, 2.24) is 9.21 Å². The van der Waals surface area contributed by atoms with Gasteiger partial charge in [0.05, 0.1) is 15.9 Å². The lowest BCUT2D eigenvalue weighted by Crippen LogP contribution is -2.40. The summed E-state index contributed by atoms with van der Waals surface area (Å²) in [5, 5.41) is 11.0. The van der Waals surface area contributed by atoms with Crippen molar-refractivity contribution in [2.24, 2.45) is 0 Å². The average Bonchev–Trinajstić information content (AvgIpc) is 2.88. The molecule has 1 atom stereocenters. The number of benzene rings is 3. The molecule has 1 amide bonds. The van der Waals surface area contributed by atoms with E-state index in [1.807, 2.05) is 26.0 Å². The number of carbonyl (C=O) groups is 1. The molecule has 0 saturated carbocycles. The first-order valence-corrected chi connectivity index (χ1v) is 12.9. The molecule has 8 nitrogen and oxygen atoms in total. The lowest BCUT2D eigenvalue weighted by atomic mass is 9.89. The highest BCUT2D eigenvalue weighted by atomic mass is 32.2. The predicted molar refractivity (Wildman–Crippen MR) is 132 cm³/mol. The van der Waals surface area contributed by atoms with Crippen LogP contribution in [0.25, 0.3) is 0 Å². The smallest absolute Gasteiger partial charge is 0.269 e. The molecule has 1 aliphatic rings. The summed E-state index contributed by atoms with van der Waals surface area (Å²) in [6, 6.07) is 19.9. The third-order valence-electron chi connectivity index (χ3n) is 6.35. The molecule has 4 rings (SSSR count). The first-order chi connectivity index (χ1) is 16.8. The number of amides is 1. The molecule has 0 N–H and O–H groups in total. The molecular formula is C26H26N3O5S. The Morgan fingerprint density at radius 3 is 2.34 bits per heavy atom. The molecule has 181 valence electrons. The molecule has 0 fully saturated rings. The summed E-state index contributed by atoms with van der Waals surface area (Å²) in [5.41, 5.74) is 2.96. The number of nitrogens with zero attached hydrogens (tertiary/aromatic N) is 3. The van der Waals surface area contributed by atoms with Gasteiger partial charge in [0, 0.05) is 37.3 Å². The molecule has 35 heavy (non-hydrogen) atoms. The van der Waals surface area contributed by atoms with Gasteiger partial charge in [-0.1, -0.05) is 30.3 Å². The third-order valence-corrected chi connectivity index (χ3v) is 8.23. The van der Waals surface area contributed by atoms with Crippen LogP contribution in [0.4, 0.5) is 5.69 Å². The zero-order valence-electron chi connectivity index (χ0n) is 19.5. The maximum absolute atomic E-state index is 13.7. The van der Waals surface area contributed by atoms with Gasteiger partial charge in [0.2, 0.25) is 10.0 Å². The Balaban J connectivity index is 1.76. The number of non-ortho nitro benzene ring substituents is 1. The number of fused-ring (bicyclic) bond motifs is 1. The van der Waals surface area contributed by atoms with Crippen LogP contribution in [0, 0.1) is 16.2 Å². The third kappa shape index (κ3) is 4.69. The van der Waals surface area contributed by atoms with E-state index in [0.29, 0.717) is 25.1 Å². The van der Waals surface area contributed by atoms with Gasteiger partial charge in [-0.2, -0.15) is 4.31 Å². The molecule has 0 aromatic heterocycles. The number of nitro benzene ring substituents is 1. The van der Waals surface area contributed by atoms with Crippen molar-refractivity contribution in [1.29, 1.82) is 0 Å². The van der Waals surface area contributed by atoms with Crippen molar-refractivity contribution < 1.29 is 18.1 Å². The highest BCUT2D eigenvalue weighted by Crippen LogP contribution is 2.39. The SMILES string of the molecule is CCN(CC)C(=O)c1ccc(C2c3cc[c]cc3CCN2S(=O)(=O)c2ccc([N+](=O)[O-])cc2)cc1. The van der Waals surface area contributed by atoms with E-state index < -0.39 is 21.0 Å². The van der Waals surface area contributed by atoms with Gasteiger partial charge in [0.15, 0.2) is 0 Å². The van der Waals surface area contributed by atoms with E-state index in [4.69, 9.17) is 0 Å². The second-order valence-corrected chi connectivity index (χ2v) is 10.1. The van der Waals surface area contributed by atoms with Crippen molar-refractivity contribution in [2.45, 2.75) is 31.2 Å². The highest BCUT2D eigenvalue weighted by Gasteiger charge is 2.37. The number of nitro groups is 1. The predicted octanol–water partition coefficient (Wildman–Crippen LogP) is 4.21. The Labute approximate surface area is 205 Å². The van der Waals surface area contributed by atoms with E-state index in [-0.39, 0.29) is 23.0 Å². The maximum Gasteiger partial charge on any atom is 0.269 e. The Morgan fingerprint density at radius 1 is 1.09 bits per heavy atom. The van der Waals surface area contributed by atoms with Gasteiger partial charge in [-0.15, -0.1) is 0 Å². The summed E-state index contributed by atoms with van der Waals surface area (Å²) in [6.07, 6.45) is 0.522. The Morgan fingerprint density at radius 2 is 1.74 bits per heavy atom. The lowest BCUT2D eigenvalue weighted by Gasteiger charge is -2.36. The van der Waals surface area contributed by atoms with Crippen LogP contribution in [0.5, 0.6) is 0 Å². The quantitative estimate of drug-likeness (QED) is 0.363. The largest absolute Gasteiger partial charge is 0.339 e. The van der Waals surface area contributed by atoms with Gasteiger partial charge < -0.3 is 4.90 Å². The molecule has 3 aromatic carbocycles. The zero-order valence-corrected chi connectivity index (χ0v) is 20.4. The number of carbonyl (C=O) groups excluding carboxylic acids is 1. The first kappa shape index (κ1) is 24.6. The molecule has 1 radical (unpaired) electrons. The molecule has 0 spiro atoms. The summed E-state index contributed by atoms with van der Waals surface area (Å²) < 4.78 is 28.8. The summed E-state index contributed by atoms with van der Waals surface area (Å²) in [5.74, 6) is -0.0736. The number of rotatable bonds is 7. The van der Waals surface area contributed by atoms with Crippen LogP contribution in [0.15, 0.2) is 71.6 Å². The van der Waals surface area contributed by atoms with Gasteiger partial charge in [0.25, 0.3) is 11.6 Å². The zero-order chi connectivity index (χ0) is 25.2. The van der Waals surface area contributed by atoms with Crippen molar-refractivity contribution in [3.63, 3.8) is 0 Å². The molecule has 9 heteroatoms. The summed E-state index contributed by atoms with van der Waals surface area (Å²) >= 11 is 0. The van der Waals surface area contributed by atoms with Gasteiger partial charge >= 0.3 is 0 Å². The van der Waals surface area contributed by atoms with Gasteiger partial charge in [-0.3, -0.25) is 14.9 Å². The van der Waals surface area contributed by atoms with E-state index in [9.17, 15) is 23.3 Å². The normalized spacial score (nSPS) is 15.9. The first-order valence-electron chi connectivity index (χ1n) is 11.4. The van der Waals surface area contributed by atoms with Crippen molar-refractivity contribution in [3.05, 3.63) is 105 Å². The van der Waals surface area contributed by atoms with E-state index in [1.165, 1.54) is 28.6 Å². The molecule has 0 saturated heterocycles. The van der Waals surface area contributed by atoms with Gasteiger partial charge in [-0.05, 0) is 67.3 Å². The number of sulfonamides is 1. The van der Waals surface area contributed by atoms with Crippen molar-refractivity contribution in [3.8, 4) is 0 Å². The minimum atomic E-state index is -3.97. The average molecular weight is 493 g/mol. The summed E-state index contributed by atoms with van der Waals surface area (Å²) in [4.78, 5) is 24.9. The second-order valence-electron chi connectivity index (χ2n) is 8.24. The Bertz CT molecular complexity index is 1330. The second kappa shape index (κ2) is 9.97. The topological polar surface area (TPSA) is 101 Å². The van der Waals surface area contributed by atoms with Crippen LogP contribution < -0.4 is 0 Å². The monoisotopic (exact) mass is 492 g/mol. The Hall–Kier alpha value is -3.56. The molecule has 0 aliphatic carbocycles. The van der Waals surface area contributed by atoms with Crippen LogP contribution in [0.2, 0.25) is 0 Å². The van der Waals surface area contributed by atoms with Crippen LogP contribution in [-0.2, 0) is 16.4 Å². The maximum atomic E-state index is 13.7. The van der Waals surface area contributed by atoms with Crippen molar-refractivity contribution in [2.75, 3.05) is 19.6 Å². The summed E-state index contributed by atoms with van der Waals surface area (Å²) in [7, 11) is -3.97. The molecule has 0 bridgehead atoms. The van der Waals surface area contributed by atoms with Crippen LogP contribution >= 0.6 is 0 Å². The van der Waals surface area contributed by atoms with E-state index in [2.05, 4.69) is 6.07 Å². The van der Waals surface area contributed by atoms with Gasteiger partial charge in [0.1, 0.15) is 0 Å². The summed E-state index contributed by atoms with van der Waals surface area (Å²) in [6.45, 7) is 5.30. The Kier molecular flexibility index (Phi) is 7.00. The molecule has 1 aliphatic heterocycles. The van der Waals surface area contributed by atoms with E-state index >= 15 is 0 Å². The molecule has 3 aromatic rings. The van der Waals surface area contributed by atoms with E-state index in [1.54, 1.807) is 35.2 Å². The molecule has 1 unspecified atom stereocenters. The minimum absolute atomic E-state index is 0.00706. The minimum Gasteiger partial charge on any atom is -0.339 e. The fourth-order valence-electron chi connectivity index (χ4n) is 4.46. The fourth-order valence-corrected chi connectivity index (χ4v) is 6.05. The highest BCUT2D eigenvalue weighted by molar-refractivity contribution is 7.89. The number of hydrogen-bond acceptors (Lipinski definition) is 5. The van der Waals surface area contributed by atoms with Crippen LogP contribution in [-0.4, -0.2) is 48.1 Å². The van der Waals surface area contributed by atoms with E-state index in [0.717, 1.165) is 16.7 Å². The fraction of sp³-hybridized carbons (Fsp3) is 0.269.